The number of hydrogen-bond acceptors (Lipinski definition) is 7. The first kappa shape index (κ1) is 21.7. The highest BCUT2D eigenvalue weighted by molar-refractivity contribution is 7.90. The van der Waals surface area contributed by atoms with Crippen molar-refractivity contribution in [3.63, 3.8) is 0 Å². The lowest BCUT2D eigenvalue weighted by atomic mass is 10.2. The fraction of sp³-hybridized carbons (Fsp3) is 0.0625. The average Bonchev–Trinajstić information content (AvgIpc) is 2.99. The van der Waals surface area contributed by atoms with E-state index in [1.54, 1.807) is 0 Å². The van der Waals surface area contributed by atoms with Crippen molar-refractivity contribution in [2.75, 3.05) is 11.7 Å². The van der Waals surface area contributed by atoms with Crippen LogP contribution in [0.4, 0.5) is 0 Å². The number of primary sulfonamides is 1. The predicted octanol–water partition coefficient (Wildman–Crippen LogP) is 0.823. The van der Waals surface area contributed by atoms with Crippen LogP contribution >= 0.6 is 11.6 Å². The van der Waals surface area contributed by atoms with Crippen LogP contribution < -0.4 is 10.6 Å². The number of sulfonamides is 1. The van der Waals surface area contributed by atoms with Gasteiger partial charge in [-0.25, -0.2) is 36.4 Å². The predicted molar refractivity (Wildman–Crippen MR) is 106 cm³/mol. The number of benzene rings is 2. The number of halogens is 1. The van der Waals surface area contributed by atoms with E-state index in [1.165, 1.54) is 18.2 Å². The summed E-state index contributed by atoms with van der Waals surface area (Å²) in [7, 11) is -8.15. The van der Waals surface area contributed by atoms with Gasteiger partial charge < -0.3 is 5.11 Å². The number of carbonyl (C=O) groups is 2. The molecule has 2 aromatic carbocycles. The van der Waals surface area contributed by atoms with Crippen LogP contribution in [0.1, 0.15) is 20.7 Å². The number of hydrogen-bond donors (Lipinski definition) is 3. The van der Waals surface area contributed by atoms with Crippen molar-refractivity contribution in [2.45, 2.75) is 10.1 Å². The molecule has 0 aliphatic rings. The number of carbonyl (C=O) groups excluding carboxylic acids is 1. The van der Waals surface area contributed by atoms with Crippen LogP contribution in [0.3, 0.4) is 0 Å². The summed E-state index contributed by atoms with van der Waals surface area (Å²) in [5.74, 6) is -2.13. The molecule has 158 valence electrons. The highest BCUT2D eigenvalue weighted by atomic mass is 35.5. The average molecular weight is 473 g/mol. The minimum atomic E-state index is -4.21. The highest BCUT2D eigenvalue weighted by Gasteiger charge is 2.23. The van der Waals surface area contributed by atoms with E-state index in [-0.39, 0.29) is 27.2 Å². The lowest BCUT2D eigenvalue weighted by molar-refractivity contribution is 0.0696. The molecule has 0 unspecified atom stereocenters. The van der Waals surface area contributed by atoms with Crippen molar-refractivity contribution in [2.24, 2.45) is 5.14 Å². The first-order valence-corrected chi connectivity index (χ1v) is 11.7. The molecule has 0 atom stereocenters. The van der Waals surface area contributed by atoms with Crippen molar-refractivity contribution in [3.05, 3.63) is 52.5 Å². The van der Waals surface area contributed by atoms with E-state index in [0.29, 0.717) is 0 Å². The zero-order chi connectivity index (χ0) is 22.4. The largest absolute Gasteiger partial charge is 0.478 e. The Balaban J connectivity index is 2.13. The molecular formula is C16H13ClN4O7S2. The number of imidazole rings is 1. The third kappa shape index (κ3) is 4.14. The molecule has 4 N–H and O–H groups in total. The van der Waals surface area contributed by atoms with E-state index in [0.717, 1.165) is 29.1 Å². The highest BCUT2D eigenvalue weighted by Crippen LogP contribution is 2.23. The second-order valence-corrected chi connectivity index (χ2v) is 9.99. The van der Waals surface area contributed by atoms with Crippen molar-refractivity contribution >= 4 is 54.4 Å². The summed E-state index contributed by atoms with van der Waals surface area (Å²) in [6.07, 6.45) is 0.858. The van der Waals surface area contributed by atoms with Gasteiger partial charge in [-0.2, -0.15) is 0 Å². The minimum absolute atomic E-state index is 0.0111. The Kier molecular flexibility index (Phi) is 5.32. The van der Waals surface area contributed by atoms with Gasteiger partial charge in [-0.05, 0) is 36.4 Å². The number of nitrogens with one attached hydrogen (secondary N) is 1. The molecule has 1 amide bonds. The maximum atomic E-state index is 12.7. The van der Waals surface area contributed by atoms with Crippen molar-refractivity contribution in [1.29, 1.82) is 0 Å². The normalized spacial score (nSPS) is 12.1. The second kappa shape index (κ2) is 7.36. The molecule has 0 aliphatic carbocycles. The lowest BCUT2D eigenvalue weighted by Gasteiger charge is -2.11. The molecule has 0 saturated heterocycles. The van der Waals surface area contributed by atoms with E-state index in [1.807, 2.05) is 0 Å². The molecule has 1 aromatic heterocycles. The van der Waals surface area contributed by atoms with Crippen LogP contribution in [-0.2, 0) is 19.9 Å². The number of aromatic carboxylic acids is 1. The summed E-state index contributed by atoms with van der Waals surface area (Å²) in [5.41, 5.74) is 2.13. The number of fused-ring (bicyclic) bond motifs is 1. The van der Waals surface area contributed by atoms with Gasteiger partial charge in [0.2, 0.25) is 25.0 Å². The van der Waals surface area contributed by atoms with Gasteiger partial charge in [0, 0.05) is 11.8 Å². The quantitative estimate of drug-likeness (QED) is 0.488. The minimum Gasteiger partial charge on any atom is -0.478 e. The molecule has 14 heteroatoms. The third-order valence-corrected chi connectivity index (χ3v) is 6.25. The van der Waals surface area contributed by atoms with Crippen LogP contribution in [0.25, 0.3) is 11.0 Å². The van der Waals surface area contributed by atoms with Gasteiger partial charge in [-0.1, -0.05) is 11.6 Å². The zero-order valence-corrected chi connectivity index (χ0v) is 17.4. The van der Waals surface area contributed by atoms with Gasteiger partial charge in [-0.15, -0.1) is 0 Å². The van der Waals surface area contributed by atoms with E-state index >= 15 is 0 Å². The summed E-state index contributed by atoms with van der Waals surface area (Å²) < 4.78 is 48.3. The molecule has 1 heterocycles. The lowest BCUT2D eigenvalue weighted by Crippen LogP contribution is -2.26. The van der Waals surface area contributed by atoms with Gasteiger partial charge in [0.25, 0.3) is 5.91 Å². The molecule has 3 aromatic rings. The van der Waals surface area contributed by atoms with E-state index < -0.39 is 41.8 Å². The Morgan fingerprint density at radius 1 is 1.10 bits per heavy atom. The van der Waals surface area contributed by atoms with Crippen molar-refractivity contribution in [3.8, 4) is 0 Å². The van der Waals surface area contributed by atoms with E-state index in [4.69, 9.17) is 21.8 Å². The number of nitrogens with two attached hydrogens (primary N) is 1. The third-order valence-electron chi connectivity index (χ3n) is 3.92. The number of aromatic nitrogens is 2. The van der Waals surface area contributed by atoms with Gasteiger partial charge in [0.1, 0.15) is 4.90 Å². The molecule has 0 bridgehead atoms. The van der Waals surface area contributed by atoms with Gasteiger partial charge >= 0.3 is 5.97 Å². The van der Waals surface area contributed by atoms with Crippen molar-refractivity contribution < 1.29 is 31.5 Å². The molecular weight excluding hydrogens is 460 g/mol. The van der Waals surface area contributed by atoms with Crippen LogP contribution in [-0.4, -0.2) is 49.7 Å². The summed E-state index contributed by atoms with van der Waals surface area (Å²) in [6.45, 7) is 0. The first-order chi connectivity index (χ1) is 13.8. The van der Waals surface area contributed by atoms with Crippen molar-refractivity contribution in [1.82, 2.24) is 9.66 Å². The summed E-state index contributed by atoms with van der Waals surface area (Å²) in [4.78, 5) is 27.2. The van der Waals surface area contributed by atoms with E-state index in [9.17, 15) is 26.4 Å². The zero-order valence-electron chi connectivity index (χ0n) is 15.0. The SMILES string of the molecule is CS(=O)(=O)c1nc2cc(C(=O)O)ccc2n1NC(=O)c1ccc(Cl)c(S(N)(=O)=O)c1. The molecule has 0 saturated carbocycles. The number of nitrogens with zero attached hydrogens (tertiary/aromatic N) is 2. The maximum Gasteiger partial charge on any atom is 0.335 e. The van der Waals surface area contributed by atoms with Gasteiger partial charge in [0.15, 0.2) is 0 Å². The topological polar surface area (TPSA) is 179 Å². The molecule has 0 spiro atoms. The molecule has 11 nitrogen and oxygen atoms in total. The molecule has 3 rings (SSSR count). The molecule has 0 radical (unpaired) electrons. The summed E-state index contributed by atoms with van der Waals surface area (Å²) >= 11 is 5.80. The summed E-state index contributed by atoms with van der Waals surface area (Å²) in [5, 5.41) is 13.4. The maximum absolute atomic E-state index is 12.7. The fourth-order valence-corrected chi connectivity index (χ4v) is 4.39. The number of sulfone groups is 1. The Labute approximate surface area is 175 Å². The first-order valence-electron chi connectivity index (χ1n) is 7.88. The Hall–Kier alpha value is -3.00. The molecule has 0 aliphatic heterocycles. The number of carboxylic acid groups (broad SMARTS) is 1. The molecule has 0 fully saturated rings. The number of carboxylic acids is 1. The second-order valence-electron chi connectivity index (χ2n) is 6.14. The Bertz CT molecular complexity index is 1430. The van der Waals surface area contributed by atoms with Gasteiger partial charge in [-0.3, -0.25) is 10.2 Å². The number of rotatable bonds is 5. The Morgan fingerprint density at radius 3 is 2.30 bits per heavy atom. The number of amides is 1. The van der Waals surface area contributed by atoms with Gasteiger partial charge in [0.05, 0.1) is 21.6 Å². The van der Waals surface area contributed by atoms with Crippen LogP contribution in [0.2, 0.25) is 5.02 Å². The van der Waals surface area contributed by atoms with Crippen LogP contribution in [0.5, 0.6) is 0 Å². The van der Waals surface area contributed by atoms with Crippen LogP contribution in [0, 0.1) is 0 Å². The smallest absolute Gasteiger partial charge is 0.335 e. The fourth-order valence-electron chi connectivity index (χ4n) is 2.58. The van der Waals surface area contributed by atoms with Crippen LogP contribution in [0.15, 0.2) is 46.5 Å². The Morgan fingerprint density at radius 2 is 1.73 bits per heavy atom. The van der Waals surface area contributed by atoms with E-state index in [2.05, 4.69) is 10.4 Å². The molecule has 30 heavy (non-hydrogen) atoms. The summed E-state index contributed by atoms with van der Waals surface area (Å²) in [6, 6.07) is 6.94. The standard InChI is InChI=1S/C16H13ClN4O7S2/c1-29(25,26)16-19-11-6-9(15(23)24)3-5-12(11)21(16)20-14(22)8-2-4-10(17)13(7-8)30(18,27)28/h2-7H,1H3,(H,20,22)(H,23,24)(H2,18,27,28). The monoisotopic (exact) mass is 472 g/mol.